The third-order valence-electron chi connectivity index (χ3n) is 3.34. The van der Waals surface area contributed by atoms with Gasteiger partial charge in [0.1, 0.15) is 5.60 Å². The number of aliphatic hydroxyl groups is 2. The molecular weight excluding hydrogens is 258 g/mol. The molecule has 0 spiro atoms. The molecule has 1 saturated carbocycles. The van der Waals surface area contributed by atoms with E-state index in [4.69, 9.17) is 0 Å². The molecule has 1 rings (SSSR count). The van der Waals surface area contributed by atoms with Crippen molar-refractivity contribution in [2.24, 2.45) is 0 Å². The van der Waals surface area contributed by atoms with Gasteiger partial charge in [0, 0.05) is 13.1 Å². The molecule has 0 bridgehead atoms. The Balaban J connectivity index is 2.55. The molecule has 112 valence electrons. The van der Waals surface area contributed by atoms with Gasteiger partial charge in [0.15, 0.2) is 0 Å². The van der Waals surface area contributed by atoms with E-state index in [2.05, 4.69) is 0 Å². The number of nitrogens with one attached hydrogen (secondary N) is 1. The maximum Gasteiger partial charge on any atom is 0.352 e. The SMILES string of the molecule is CN(C)CC(C)(O)CNC(=O)C(F)(F)C1(O)CCC1. The van der Waals surface area contributed by atoms with Gasteiger partial charge in [-0.1, -0.05) is 0 Å². The number of halogens is 2. The molecule has 0 radical (unpaired) electrons. The smallest absolute Gasteiger partial charge is 0.352 e. The minimum Gasteiger partial charge on any atom is -0.387 e. The van der Waals surface area contributed by atoms with E-state index in [1.807, 2.05) is 5.32 Å². The fourth-order valence-electron chi connectivity index (χ4n) is 2.16. The first-order chi connectivity index (χ1) is 8.50. The summed E-state index contributed by atoms with van der Waals surface area (Å²) in [5, 5.41) is 21.5. The number of alkyl halides is 2. The van der Waals surface area contributed by atoms with Crippen molar-refractivity contribution in [3.8, 4) is 0 Å². The molecule has 1 fully saturated rings. The summed E-state index contributed by atoms with van der Waals surface area (Å²) in [6.45, 7) is 1.38. The molecule has 19 heavy (non-hydrogen) atoms. The number of likely N-dealkylation sites (N-methyl/N-ethyl adjacent to an activating group) is 1. The first kappa shape index (κ1) is 16.3. The van der Waals surface area contributed by atoms with Gasteiger partial charge >= 0.3 is 5.92 Å². The average Bonchev–Trinajstić information content (AvgIpc) is 2.20. The van der Waals surface area contributed by atoms with E-state index in [0.29, 0.717) is 6.42 Å². The average molecular weight is 280 g/mol. The predicted molar refractivity (Wildman–Crippen MR) is 65.9 cm³/mol. The molecule has 7 heteroatoms. The molecule has 1 aliphatic carbocycles. The standard InChI is InChI=1S/C12H22F2N2O3/c1-10(18,8-16(2)3)7-15-9(17)12(13,14)11(19)5-4-6-11/h18-19H,4-8H2,1-3H3,(H,15,17). The van der Waals surface area contributed by atoms with Crippen LogP contribution < -0.4 is 5.32 Å². The highest BCUT2D eigenvalue weighted by atomic mass is 19.3. The van der Waals surface area contributed by atoms with Crippen LogP contribution in [0.1, 0.15) is 26.2 Å². The largest absolute Gasteiger partial charge is 0.387 e. The summed E-state index contributed by atoms with van der Waals surface area (Å²) in [5.74, 6) is -5.35. The Morgan fingerprint density at radius 1 is 1.42 bits per heavy atom. The summed E-state index contributed by atoms with van der Waals surface area (Å²) in [6.07, 6.45) is 0.320. The van der Waals surface area contributed by atoms with Crippen LogP contribution in [0.5, 0.6) is 0 Å². The van der Waals surface area contributed by atoms with E-state index in [-0.39, 0.29) is 25.9 Å². The van der Waals surface area contributed by atoms with Crippen LogP contribution in [0, 0.1) is 0 Å². The van der Waals surface area contributed by atoms with Crippen molar-refractivity contribution >= 4 is 5.91 Å². The molecule has 0 aliphatic heterocycles. The van der Waals surface area contributed by atoms with Gasteiger partial charge in [-0.25, -0.2) is 0 Å². The van der Waals surface area contributed by atoms with Crippen LogP contribution in [0.15, 0.2) is 0 Å². The Labute approximate surface area is 111 Å². The molecule has 1 aliphatic rings. The molecule has 0 aromatic rings. The van der Waals surface area contributed by atoms with Crippen molar-refractivity contribution in [3.05, 3.63) is 0 Å². The Hall–Kier alpha value is -0.790. The van der Waals surface area contributed by atoms with Gasteiger partial charge in [0.05, 0.1) is 5.60 Å². The van der Waals surface area contributed by atoms with Crippen molar-refractivity contribution in [3.63, 3.8) is 0 Å². The van der Waals surface area contributed by atoms with Gasteiger partial charge in [-0.2, -0.15) is 8.78 Å². The number of carbonyl (C=O) groups excluding carboxylic acids is 1. The number of rotatable bonds is 6. The zero-order chi connectivity index (χ0) is 14.9. The van der Waals surface area contributed by atoms with E-state index in [1.54, 1.807) is 19.0 Å². The number of hydrogen-bond acceptors (Lipinski definition) is 4. The Kier molecular flexibility index (Phi) is 4.54. The zero-order valence-electron chi connectivity index (χ0n) is 11.5. The van der Waals surface area contributed by atoms with Crippen molar-refractivity contribution in [1.29, 1.82) is 0 Å². The van der Waals surface area contributed by atoms with Crippen molar-refractivity contribution in [1.82, 2.24) is 10.2 Å². The second kappa shape index (κ2) is 5.30. The van der Waals surface area contributed by atoms with E-state index < -0.39 is 23.0 Å². The lowest BCUT2D eigenvalue weighted by atomic mass is 9.75. The minimum atomic E-state index is -3.82. The van der Waals surface area contributed by atoms with Crippen LogP contribution in [0.2, 0.25) is 0 Å². The molecule has 0 aromatic carbocycles. The molecule has 1 unspecified atom stereocenters. The second-order valence-electron chi connectivity index (χ2n) is 5.88. The van der Waals surface area contributed by atoms with Gasteiger partial charge < -0.3 is 20.4 Å². The van der Waals surface area contributed by atoms with Crippen LogP contribution in [0.3, 0.4) is 0 Å². The lowest BCUT2D eigenvalue weighted by Crippen LogP contribution is -2.62. The molecule has 0 aromatic heterocycles. The highest BCUT2D eigenvalue weighted by Gasteiger charge is 2.61. The predicted octanol–water partition coefficient (Wildman–Crippen LogP) is -0.0345. The fourth-order valence-corrected chi connectivity index (χ4v) is 2.16. The molecule has 3 N–H and O–H groups in total. The third-order valence-corrected chi connectivity index (χ3v) is 3.34. The van der Waals surface area contributed by atoms with Gasteiger partial charge in [0.25, 0.3) is 5.91 Å². The highest BCUT2D eigenvalue weighted by Crippen LogP contribution is 2.44. The van der Waals surface area contributed by atoms with Crippen LogP contribution in [0.25, 0.3) is 0 Å². The maximum atomic E-state index is 13.7. The van der Waals surface area contributed by atoms with Crippen molar-refractivity contribution in [2.45, 2.75) is 43.3 Å². The maximum absolute atomic E-state index is 13.7. The van der Waals surface area contributed by atoms with E-state index >= 15 is 0 Å². The van der Waals surface area contributed by atoms with Gasteiger partial charge in [-0.15, -0.1) is 0 Å². The molecular formula is C12H22F2N2O3. The van der Waals surface area contributed by atoms with Crippen LogP contribution in [-0.2, 0) is 4.79 Å². The number of hydrogen-bond donors (Lipinski definition) is 3. The molecule has 0 heterocycles. The van der Waals surface area contributed by atoms with Crippen LogP contribution in [0.4, 0.5) is 8.78 Å². The van der Waals surface area contributed by atoms with E-state index in [9.17, 15) is 23.8 Å². The lowest BCUT2D eigenvalue weighted by Gasteiger charge is -2.41. The normalized spacial score (nSPS) is 21.7. The first-order valence-electron chi connectivity index (χ1n) is 6.26. The van der Waals surface area contributed by atoms with E-state index in [0.717, 1.165) is 0 Å². The topological polar surface area (TPSA) is 72.8 Å². The highest BCUT2D eigenvalue weighted by molar-refractivity contribution is 5.85. The third kappa shape index (κ3) is 3.61. The molecule has 0 saturated heterocycles. The van der Waals surface area contributed by atoms with E-state index in [1.165, 1.54) is 6.92 Å². The summed E-state index contributed by atoms with van der Waals surface area (Å²) in [7, 11) is 3.45. The monoisotopic (exact) mass is 280 g/mol. The van der Waals surface area contributed by atoms with Crippen molar-refractivity contribution in [2.75, 3.05) is 27.2 Å². The van der Waals surface area contributed by atoms with Crippen molar-refractivity contribution < 1.29 is 23.8 Å². The Bertz CT molecular complexity index is 342. The lowest BCUT2D eigenvalue weighted by molar-refractivity contribution is -0.216. The molecule has 1 atom stereocenters. The van der Waals surface area contributed by atoms with Crippen LogP contribution >= 0.6 is 0 Å². The van der Waals surface area contributed by atoms with Crippen LogP contribution in [-0.4, -0.2) is 65.3 Å². The summed E-state index contributed by atoms with van der Waals surface area (Å²) < 4.78 is 27.5. The zero-order valence-corrected chi connectivity index (χ0v) is 11.5. The Morgan fingerprint density at radius 2 is 1.95 bits per heavy atom. The second-order valence-corrected chi connectivity index (χ2v) is 5.88. The summed E-state index contributed by atoms with van der Waals surface area (Å²) in [5.41, 5.74) is -3.54. The number of nitrogens with zero attached hydrogens (tertiary/aromatic N) is 1. The molecule has 5 nitrogen and oxygen atoms in total. The summed E-state index contributed by atoms with van der Waals surface area (Å²) in [4.78, 5) is 13.2. The first-order valence-corrected chi connectivity index (χ1v) is 6.26. The van der Waals surface area contributed by atoms with Gasteiger partial charge in [0.2, 0.25) is 0 Å². The summed E-state index contributed by atoms with van der Waals surface area (Å²) in [6, 6.07) is 0. The van der Waals surface area contributed by atoms with Gasteiger partial charge in [-0.05, 0) is 40.3 Å². The molecule has 1 amide bonds. The quantitative estimate of drug-likeness (QED) is 0.638. The fraction of sp³-hybridized carbons (Fsp3) is 0.917. The number of amides is 1. The summed E-state index contributed by atoms with van der Waals surface area (Å²) >= 11 is 0. The minimum absolute atomic E-state index is 0.0818. The number of carbonyl (C=O) groups is 1. The Morgan fingerprint density at radius 3 is 2.32 bits per heavy atom. The van der Waals surface area contributed by atoms with Gasteiger partial charge in [-0.3, -0.25) is 4.79 Å².